The minimum absolute atomic E-state index is 0.0353. The highest BCUT2D eigenvalue weighted by Gasteiger charge is 2.38. The summed E-state index contributed by atoms with van der Waals surface area (Å²) < 4.78 is 14.8. The molecule has 1 fully saturated rings. The molecule has 2 aliphatic rings. The summed E-state index contributed by atoms with van der Waals surface area (Å²) in [5.41, 5.74) is 10.8. The van der Waals surface area contributed by atoms with Gasteiger partial charge in [-0.25, -0.2) is 4.39 Å². The number of nitrogens with one attached hydrogen (secondary N) is 4. The molecule has 1 unspecified atom stereocenters. The first kappa shape index (κ1) is 25.6. The van der Waals surface area contributed by atoms with Crippen molar-refractivity contribution in [1.82, 2.24) is 21.0 Å². The standard InChI is InChI=1S/C27H30BFIN7/c1-26(2,3)15-33-24-16(12-31)13-32-25-21(24)10-19(11-22(25)30)34-27(28,17-4-6-18(29)7-5-17)23-14-37(36-35-23)20-8-9-20/h4-7,10-11,13-14,20,34-36H,8-9,15,28H2,1-3H3,(H,32,33). The van der Waals surface area contributed by atoms with E-state index in [0.717, 1.165) is 50.0 Å². The third-order valence-corrected chi connectivity index (χ3v) is 7.55. The molecule has 10 heteroatoms. The number of benzene rings is 2. The minimum atomic E-state index is -0.694. The molecule has 1 atom stereocenters. The van der Waals surface area contributed by atoms with E-state index >= 15 is 0 Å². The first-order valence-electron chi connectivity index (χ1n) is 12.4. The first-order chi connectivity index (χ1) is 17.6. The van der Waals surface area contributed by atoms with Crippen LogP contribution >= 0.6 is 22.6 Å². The second kappa shape index (κ2) is 9.69. The van der Waals surface area contributed by atoms with Gasteiger partial charge in [-0.2, -0.15) is 5.26 Å². The minimum Gasteiger partial charge on any atom is -0.383 e. The molecule has 1 aromatic heterocycles. The first-order valence-corrected chi connectivity index (χ1v) is 13.5. The van der Waals surface area contributed by atoms with Crippen LogP contribution in [0.1, 0.15) is 44.7 Å². The molecule has 0 bridgehead atoms. The lowest BCUT2D eigenvalue weighted by molar-refractivity contribution is 0.260. The summed E-state index contributed by atoms with van der Waals surface area (Å²) in [4.78, 5) is 4.60. The molecular formula is C27H30BFIN7. The Morgan fingerprint density at radius 1 is 1.24 bits per heavy atom. The molecule has 2 aromatic carbocycles. The van der Waals surface area contributed by atoms with E-state index in [2.05, 4.69) is 101 Å². The second-order valence-corrected chi connectivity index (χ2v) is 12.3. The monoisotopic (exact) mass is 609 g/mol. The number of halogens is 2. The van der Waals surface area contributed by atoms with Crippen LogP contribution in [0, 0.1) is 26.1 Å². The van der Waals surface area contributed by atoms with E-state index in [0.29, 0.717) is 18.2 Å². The van der Waals surface area contributed by atoms with E-state index in [-0.39, 0.29) is 11.2 Å². The maximum Gasteiger partial charge on any atom is 0.148 e. The van der Waals surface area contributed by atoms with Crippen molar-refractivity contribution < 1.29 is 4.39 Å². The summed E-state index contributed by atoms with van der Waals surface area (Å²) in [5.74, 6) is -0.276. The molecular weight excluding hydrogens is 579 g/mol. The van der Waals surface area contributed by atoms with Crippen molar-refractivity contribution >= 4 is 52.7 Å². The van der Waals surface area contributed by atoms with Crippen molar-refractivity contribution in [3.8, 4) is 6.07 Å². The van der Waals surface area contributed by atoms with Crippen LogP contribution in [-0.4, -0.2) is 30.4 Å². The lowest BCUT2D eigenvalue weighted by atomic mass is 9.69. The Labute approximate surface area is 231 Å². The second-order valence-electron chi connectivity index (χ2n) is 11.1. The van der Waals surface area contributed by atoms with E-state index in [1.807, 2.05) is 18.2 Å². The van der Waals surface area contributed by atoms with Crippen molar-refractivity contribution in [2.24, 2.45) is 5.41 Å². The maximum atomic E-state index is 13.8. The number of hydrogen-bond donors (Lipinski definition) is 4. The number of fused-ring (bicyclic) bond motifs is 1. The molecule has 7 nitrogen and oxygen atoms in total. The van der Waals surface area contributed by atoms with Gasteiger partial charge >= 0.3 is 0 Å². The summed E-state index contributed by atoms with van der Waals surface area (Å²) in [7, 11) is 2.08. The molecule has 1 aliphatic carbocycles. The fourth-order valence-electron chi connectivity index (χ4n) is 4.46. The van der Waals surface area contributed by atoms with Gasteiger partial charge in [0.2, 0.25) is 0 Å². The summed E-state index contributed by atoms with van der Waals surface area (Å²) in [6.45, 7) is 7.17. The summed E-state index contributed by atoms with van der Waals surface area (Å²) in [6, 6.07) is 13.5. The third-order valence-electron chi connectivity index (χ3n) is 6.72. The number of rotatable bonds is 7. The largest absolute Gasteiger partial charge is 0.383 e. The van der Waals surface area contributed by atoms with Crippen LogP contribution in [0.5, 0.6) is 0 Å². The lowest BCUT2D eigenvalue weighted by Crippen LogP contribution is -2.45. The van der Waals surface area contributed by atoms with Crippen LogP contribution in [0.25, 0.3) is 10.9 Å². The number of hydrogen-bond acceptors (Lipinski definition) is 7. The van der Waals surface area contributed by atoms with E-state index in [4.69, 9.17) is 0 Å². The Kier molecular flexibility index (Phi) is 6.70. The number of pyridine rings is 1. The molecule has 4 N–H and O–H groups in total. The Balaban J connectivity index is 1.60. The normalized spacial score (nSPS) is 17.1. The molecule has 1 saturated carbocycles. The van der Waals surface area contributed by atoms with E-state index in [9.17, 15) is 9.65 Å². The average Bonchev–Trinajstić information content (AvgIpc) is 3.58. The van der Waals surface area contributed by atoms with E-state index in [1.165, 1.54) is 12.1 Å². The van der Waals surface area contributed by atoms with Crippen LogP contribution in [0.4, 0.5) is 15.8 Å². The van der Waals surface area contributed by atoms with Crippen LogP contribution in [0.15, 0.2) is 54.5 Å². The van der Waals surface area contributed by atoms with Gasteiger partial charge in [-0.15, -0.1) is 5.53 Å². The molecule has 0 spiro atoms. The smallest absolute Gasteiger partial charge is 0.148 e. The molecule has 3 aromatic rings. The zero-order chi connectivity index (χ0) is 26.4. The number of aromatic nitrogens is 1. The zero-order valence-electron chi connectivity index (χ0n) is 21.4. The van der Waals surface area contributed by atoms with Crippen LogP contribution in [-0.2, 0) is 5.44 Å². The SMILES string of the molecule is BC(Nc1cc(I)c2ncc(C#N)c(NCC(C)(C)C)c2c1)(C1=CN(C2CC2)NN1)c1ccc(F)cc1. The van der Waals surface area contributed by atoms with Gasteiger partial charge in [0.15, 0.2) is 0 Å². The van der Waals surface area contributed by atoms with Gasteiger partial charge in [-0.05, 0) is 70.7 Å². The van der Waals surface area contributed by atoms with Gasteiger partial charge in [-0.3, -0.25) is 9.99 Å². The predicted molar refractivity (Wildman–Crippen MR) is 157 cm³/mol. The third kappa shape index (κ3) is 5.34. The quantitative estimate of drug-likeness (QED) is 0.231. The Hall–Kier alpha value is -3.04. The molecule has 2 heterocycles. The van der Waals surface area contributed by atoms with E-state index < -0.39 is 5.44 Å². The van der Waals surface area contributed by atoms with Crippen molar-refractivity contribution in [2.45, 2.75) is 45.1 Å². The maximum absolute atomic E-state index is 13.8. The van der Waals surface area contributed by atoms with Crippen LogP contribution in [0.2, 0.25) is 0 Å². The highest BCUT2D eigenvalue weighted by Crippen LogP contribution is 2.37. The van der Waals surface area contributed by atoms with Crippen LogP contribution < -0.4 is 21.6 Å². The molecule has 0 saturated heterocycles. The molecule has 190 valence electrons. The number of hydrazine groups is 2. The molecule has 37 heavy (non-hydrogen) atoms. The highest BCUT2D eigenvalue weighted by atomic mass is 127. The Bertz CT molecular complexity index is 1410. The lowest BCUT2D eigenvalue weighted by Gasteiger charge is -2.34. The number of anilines is 2. The Morgan fingerprint density at radius 2 is 1.97 bits per heavy atom. The van der Waals surface area contributed by atoms with Gasteiger partial charge < -0.3 is 16.1 Å². The molecule has 5 rings (SSSR count). The van der Waals surface area contributed by atoms with Crippen molar-refractivity contribution in [3.63, 3.8) is 0 Å². The van der Waals surface area contributed by atoms with Gasteiger partial charge in [0.25, 0.3) is 0 Å². The summed E-state index contributed by atoms with van der Waals surface area (Å²) >= 11 is 2.29. The Morgan fingerprint density at radius 3 is 2.62 bits per heavy atom. The van der Waals surface area contributed by atoms with Gasteiger partial charge in [0, 0.05) is 39.6 Å². The van der Waals surface area contributed by atoms with Gasteiger partial charge in [-0.1, -0.05) is 32.9 Å². The van der Waals surface area contributed by atoms with Crippen molar-refractivity contribution in [2.75, 3.05) is 17.2 Å². The fraction of sp³-hybridized carbons (Fsp3) is 0.333. The zero-order valence-corrected chi connectivity index (χ0v) is 23.6. The summed E-state index contributed by atoms with van der Waals surface area (Å²) in [6.07, 6.45) is 6.03. The highest BCUT2D eigenvalue weighted by molar-refractivity contribution is 14.1. The van der Waals surface area contributed by atoms with Crippen molar-refractivity contribution in [1.29, 1.82) is 5.26 Å². The average molecular weight is 609 g/mol. The summed E-state index contributed by atoms with van der Waals surface area (Å²) in [5, 5.41) is 20.0. The van der Waals surface area contributed by atoms with Gasteiger partial charge in [0.05, 0.1) is 27.9 Å². The fourth-order valence-corrected chi connectivity index (χ4v) is 5.22. The van der Waals surface area contributed by atoms with Crippen LogP contribution in [0.3, 0.4) is 0 Å². The number of nitrogens with zero attached hydrogens (tertiary/aromatic N) is 3. The van der Waals surface area contributed by atoms with Crippen molar-refractivity contribution in [3.05, 3.63) is 75.0 Å². The molecule has 0 amide bonds. The molecule has 1 aliphatic heterocycles. The van der Waals surface area contributed by atoms with Gasteiger partial charge in [0.1, 0.15) is 19.7 Å². The topological polar surface area (TPSA) is 88.0 Å². The van der Waals surface area contributed by atoms with E-state index in [1.54, 1.807) is 6.20 Å². The number of nitriles is 1. The molecule has 0 radical (unpaired) electrons. The predicted octanol–water partition coefficient (Wildman–Crippen LogP) is 4.53.